The van der Waals surface area contributed by atoms with Gasteiger partial charge in [0.05, 0.1) is 25.8 Å². The predicted octanol–water partition coefficient (Wildman–Crippen LogP) is -0.164. The number of Topliss-reactive ketones (excluding diaryl/α,β-unsaturated/α-hetero) is 1. The summed E-state index contributed by atoms with van der Waals surface area (Å²) in [5.41, 5.74) is 6.00. The zero-order valence-electron chi connectivity index (χ0n) is 14.2. The summed E-state index contributed by atoms with van der Waals surface area (Å²) >= 11 is 0. The SMILES string of the molecule is CN(C)C(=O)CCN(CC(=O)[C@@H](N)CC1CC1)CC1OCCO1. The molecule has 0 bridgehead atoms. The highest BCUT2D eigenvalue weighted by Gasteiger charge is 2.29. The van der Waals surface area contributed by atoms with Crippen LogP contribution in [0.2, 0.25) is 0 Å². The van der Waals surface area contributed by atoms with Crippen LogP contribution in [-0.2, 0) is 19.1 Å². The number of rotatable bonds is 10. The van der Waals surface area contributed by atoms with Crippen LogP contribution >= 0.6 is 0 Å². The molecule has 2 rings (SSSR count). The lowest BCUT2D eigenvalue weighted by Gasteiger charge is -2.25. The van der Waals surface area contributed by atoms with Crippen molar-refractivity contribution in [3.8, 4) is 0 Å². The van der Waals surface area contributed by atoms with Gasteiger partial charge in [-0.2, -0.15) is 0 Å². The molecule has 1 heterocycles. The molecule has 1 saturated carbocycles. The summed E-state index contributed by atoms with van der Waals surface area (Å²) in [5, 5.41) is 0. The summed E-state index contributed by atoms with van der Waals surface area (Å²) in [7, 11) is 3.46. The van der Waals surface area contributed by atoms with Crippen LogP contribution in [0, 0.1) is 5.92 Å². The molecule has 0 radical (unpaired) electrons. The molecule has 7 heteroatoms. The van der Waals surface area contributed by atoms with E-state index < -0.39 is 6.04 Å². The zero-order valence-corrected chi connectivity index (χ0v) is 14.2. The van der Waals surface area contributed by atoms with Crippen molar-refractivity contribution in [3.63, 3.8) is 0 Å². The fourth-order valence-electron chi connectivity index (χ4n) is 2.62. The molecule has 1 saturated heterocycles. The number of nitrogens with two attached hydrogens (primary N) is 1. The average molecular weight is 327 g/mol. The van der Waals surface area contributed by atoms with Crippen molar-refractivity contribution >= 4 is 11.7 Å². The van der Waals surface area contributed by atoms with E-state index in [9.17, 15) is 9.59 Å². The summed E-state index contributed by atoms with van der Waals surface area (Å²) in [5.74, 6) is 0.699. The highest BCUT2D eigenvalue weighted by atomic mass is 16.7. The van der Waals surface area contributed by atoms with E-state index in [1.54, 1.807) is 19.0 Å². The lowest BCUT2D eigenvalue weighted by molar-refractivity contribution is -0.130. The van der Waals surface area contributed by atoms with E-state index in [-0.39, 0.29) is 24.5 Å². The van der Waals surface area contributed by atoms with Gasteiger partial charge in [0.25, 0.3) is 0 Å². The molecule has 1 atom stereocenters. The number of ketones is 1. The minimum Gasteiger partial charge on any atom is -0.349 e. The van der Waals surface area contributed by atoms with Gasteiger partial charge in [-0.25, -0.2) is 0 Å². The van der Waals surface area contributed by atoms with Crippen molar-refractivity contribution in [2.24, 2.45) is 11.7 Å². The Morgan fingerprint density at radius 3 is 2.43 bits per heavy atom. The van der Waals surface area contributed by atoms with Crippen molar-refractivity contribution in [1.82, 2.24) is 9.80 Å². The Hall–Kier alpha value is -1.02. The second-order valence-corrected chi connectivity index (χ2v) is 6.70. The average Bonchev–Trinajstić information content (AvgIpc) is 3.17. The number of hydrogen-bond donors (Lipinski definition) is 1. The monoisotopic (exact) mass is 327 g/mol. The topological polar surface area (TPSA) is 85.1 Å². The number of carbonyl (C=O) groups excluding carboxylic acids is 2. The Bertz CT molecular complexity index is 406. The molecule has 1 amide bonds. The van der Waals surface area contributed by atoms with Crippen LogP contribution in [0.1, 0.15) is 25.7 Å². The van der Waals surface area contributed by atoms with E-state index in [4.69, 9.17) is 15.2 Å². The van der Waals surface area contributed by atoms with Crippen LogP contribution in [0.3, 0.4) is 0 Å². The third-order valence-electron chi connectivity index (χ3n) is 4.32. The van der Waals surface area contributed by atoms with E-state index in [1.165, 1.54) is 12.8 Å². The Morgan fingerprint density at radius 2 is 1.87 bits per heavy atom. The minimum absolute atomic E-state index is 0.0344. The summed E-state index contributed by atoms with van der Waals surface area (Å²) < 4.78 is 10.9. The summed E-state index contributed by atoms with van der Waals surface area (Å²) in [6.45, 7) is 2.39. The van der Waals surface area contributed by atoms with Gasteiger partial charge in [-0.1, -0.05) is 12.8 Å². The number of nitrogens with zero attached hydrogens (tertiary/aromatic N) is 2. The molecule has 23 heavy (non-hydrogen) atoms. The highest BCUT2D eigenvalue weighted by molar-refractivity contribution is 5.85. The standard InChI is InChI=1S/C16H29N3O4/c1-18(2)15(21)5-6-19(11-16-22-7-8-23-16)10-14(20)13(17)9-12-3-4-12/h12-13,16H,3-11,17H2,1-2H3/t13-/m0/s1. The van der Waals surface area contributed by atoms with Gasteiger partial charge in [0, 0.05) is 33.6 Å². The maximum Gasteiger partial charge on any atom is 0.223 e. The Morgan fingerprint density at radius 1 is 1.22 bits per heavy atom. The van der Waals surface area contributed by atoms with Gasteiger partial charge in [0.1, 0.15) is 0 Å². The minimum atomic E-state index is -0.403. The van der Waals surface area contributed by atoms with Gasteiger partial charge >= 0.3 is 0 Å². The van der Waals surface area contributed by atoms with Gasteiger partial charge < -0.3 is 20.1 Å². The molecule has 0 unspecified atom stereocenters. The molecule has 0 aromatic heterocycles. The first kappa shape index (κ1) is 18.3. The number of ether oxygens (including phenoxy) is 2. The fourth-order valence-corrected chi connectivity index (χ4v) is 2.62. The van der Waals surface area contributed by atoms with Crippen molar-refractivity contribution < 1.29 is 19.1 Å². The van der Waals surface area contributed by atoms with Gasteiger partial charge in [-0.05, 0) is 12.3 Å². The van der Waals surface area contributed by atoms with E-state index in [0.717, 1.165) is 6.42 Å². The number of amides is 1. The molecular formula is C16H29N3O4. The molecule has 2 aliphatic rings. The van der Waals surface area contributed by atoms with Crippen LogP contribution in [-0.4, -0.2) is 80.8 Å². The van der Waals surface area contributed by atoms with Crippen LogP contribution in [0.25, 0.3) is 0 Å². The molecule has 1 aliphatic heterocycles. The lowest BCUT2D eigenvalue weighted by Crippen LogP contribution is -2.44. The molecular weight excluding hydrogens is 298 g/mol. The Kier molecular flexibility index (Phi) is 6.95. The quantitative estimate of drug-likeness (QED) is 0.600. The van der Waals surface area contributed by atoms with Gasteiger partial charge in [0.15, 0.2) is 12.1 Å². The molecule has 1 aliphatic carbocycles. The summed E-state index contributed by atoms with van der Waals surface area (Å²) in [4.78, 5) is 27.6. The molecule has 0 aromatic carbocycles. The fraction of sp³-hybridized carbons (Fsp3) is 0.875. The first-order chi connectivity index (χ1) is 11.0. The first-order valence-corrected chi connectivity index (χ1v) is 8.39. The van der Waals surface area contributed by atoms with E-state index in [2.05, 4.69) is 0 Å². The van der Waals surface area contributed by atoms with Crippen LogP contribution < -0.4 is 5.73 Å². The second kappa shape index (κ2) is 8.73. The normalized spacial score (nSPS) is 20.0. The molecule has 2 N–H and O–H groups in total. The molecule has 0 aromatic rings. The third-order valence-corrected chi connectivity index (χ3v) is 4.32. The summed E-state index contributed by atoms with van der Waals surface area (Å²) in [6, 6.07) is -0.403. The van der Waals surface area contributed by atoms with Gasteiger partial charge in [-0.15, -0.1) is 0 Å². The van der Waals surface area contributed by atoms with Crippen LogP contribution in [0.5, 0.6) is 0 Å². The predicted molar refractivity (Wildman–Crippen MR) is 85.8 cm³/mol. The molecule has 132 valence electrons. The first-order valence-electron chi connectivity index (χ1n) is 8.39. The maximum absolute atomic E-state index is 12.3. The summed E-state index contributed by atoms with van der Waals surface area (Å²) in [6.07, 6.45) is 3.19. The number of hydrogen-bond acceptors (Lipinski definition) is 6. The molecule has 0 spiro atoms. The van der Waals surface area contributed by atoms with Crippen LogP contribution in [0.15, 0.2) is 0 Å². The van der Waals surface area contributed by atoms with Crippen molar-refractivity contribution in [3.05, 3.63) is 0 Å². The Labute approximate surface area is 138 Å². The van der Waals surface area contributed by atoms with E-state index in [1.807, 2.05) is 4.90 Å². The lowest BCUT2D eigenvalue weighted by atomic mass is 10.1. The molecule has 7 nitrogen and oxygen atoms in total. The largest absolute Gasteiger partial charge is 0.349 e. The van der Waals surface area contributed by atoms with Gasteiger partial charge in [0.2, 0.25) is 5.91 Å². The second-order valence-electron chi connectivity index (χ2n) is 6.70. The van der Waals surface area contributed by atoms with E-state index >= 15 is 0 Å². The highest BCUT2D eigenvalue weighted by Crippen LogP contribution is 2.33. The number of carbonyl (C=O) groups is 2. The van der Waals surface area contributed by atoms with E-state index in [0.29, 0.717) is 38.6 Å². The van der Waals surface area contributed by atoms with Crippen molar-refractivity contribution in [2.45, 2.75) is 38.0 Å². The molecule has 2 fully saturated rings. The zero-order chi connectivity index (χ0) is 16.8. The third kappa shape index (κ3) is 6.55. The van der Waals surface area contributed by atoms with Crippen LogP contribution in [0.4, 0.5) is 0 Å². The van der Waals surface area contributed by atoms with Gasteiger partial charge in [-0.3, -0.25) is 14.5 Å². The van der Waals surface area contributed by atoms with Crippen molar-refractivity contribution in [2.75, 3.05) is 46.9 Å². The smallest absolute Gasteiger partial charge is 0.223 e. The van der Waals surface area contributed by atoms with Crippen molar-refractivity contribution in [1.29, 1.82) is 0 Å². The maximum atomic E-state index is 12.3. The Balaban J connectivity index is 1.82.